The predicted molar refractivity (Wildman–Crippen MR) is 120 cm³/mol. The van der Waals surface area contributed by atoms with Crippen molar-refractivity contribution in [1.29, 1.82) is 0 Å². The second-order valence-electron chi connectivity index (χ2n) is 7.34. The van der Waals surface area contributed by atoms with Crippen LogP contribution < -0.4 is 4.90 Å². The van der Waals surface area contributed by atoms with Crippen LogP contribution in [0.1, 0.15) is 18.1 Å². The first-order chi connectivity index (χ1) is 14.8. The van der Waals surface area contributed by atoms with Crippen LogP contribution in [-0.4, -0.2) is 24.3 Å². The molecule has 3 aromatic carbocycles. The summed E-state index contributed by atoms with van der Waals surface area (Å²) in [6.07, 6.45) is 1.28. The number of benzene rings is 3. The molecule has 0 saturated heterocycles. The number of rotatable bonds is 4. The van der Waals surface area contributed by atoms with E-state index in [1.54, 1.807) is 6.08 Å². The van der Waals surface area contributed by atoms with E-state index in [-0.39, 0.29) is 5.78 Å². The van der Waals surface area contributed by atoms with Gasteiger partial charge in [0.2, 0.25) is 0 Å². The molecule has 2 bridgehead atoms. The van der Waals surface area contributed by atoms with Gasteiger partial charge in [-0.3, -0.25) is 4.79 Å². The molecule has 4 nitrogen and oxygen atoms in total. The molecule has 0 saturated carbocycles. The monoisotopic (exact) mass is 394 g/mol. The van der Waals surface area contributed by atoms with Crippen LogP contribution in [0.25, 0.3) is 5.70 Å². The maximum absolute atomic E-state index is 13.5. The number of carbonyl (C=O) groups excluding carboxylic acids is 1. The van der Waals surface area contributed by atoms with Crippen LogP contribution >= 0.6 is 0 Å². The highest BCUT2D eigenvalue weighted by molar-refractivity contribution is 6.22. The van der Waals surface area contributed by atoms with Crippen molar-refractivity contribution in [2.45, 2.75) is 13.2 Å². The van der Waals surface area contributed by atoms with Crippen LogP contribution in [-0.2, 0) is 9.53 Å². The van der Waals surface area contributed by atoms with Gasteiger partial charge in [-0.2, -0.15) is 0 Å². The number of ether oxygens (including phenoxy) is 1. The third-order valence-electron chi connectivity index (χ3n) is 5.54. The van der Waals surface area contributed by atoms with E-state index in [2.05, 4.69) is 4.90 Å². The second-order valence-corrected chi connectivity index (χ2v) is 7.34. The largest absolute Gasteiger partial charge is 0.357 e. The van der Waals surface area contributed by atoms with Gasteiger partial charge >= 0.3 is 0 Å². The molecule has 0 spiro atoms. The van der Waals surface area contributed by atoms with E-state index in [9.17, 15) is 4.79 Å². The fourth-order valence-electron chi connectivity index (χ4n) is 4.25. The van der Waals surface area contributed by atoms with E-state index in [4.69, 9.17) is 9.73 Å². The van der Waals surface area contributed by atoms with E-state index in [1.807, 2.05) is 91.9 Å². The summed E-state index contributed by atoms with van der Waals surface area (Å²) < 4.78 is 6.24. The Morgan fingerprint density at radius 3 is 2.20 bits per heavy atom. The van der Waals surface area contributed by atoms with E-state index in [1.165, 1.54) is 0 Å². The zero-order chi connectivity index (χ0) is 20.5. The van der Waals surface area contributed by atoms with E-state index >= 15 is 0 Å². The van der Waals surface area contributed by atoms with Gasteiger partial charge in [0.1, 0.15) is 12.1 Å². The minimum absolute atomic E-state index is 0.0129. The molecule has 3 aromatic rings. The normalized spacial score (nSPS) is 20.2. The molecule has 0 radical (unpaired) electrons. The molecular weight excluding hydrogens is 372 g/mol. The molecule has 0 N–H and O–H groups in total. The van der Waals surface area contributed by atoms with Gasteiger partial charge in [-0.15, -0.1) is 0 Å². The third-order valence-corrected chi connectivity index (χ3v) is 5.54. The molecule has 30 heavy (non-hydrogen) atoms. The molecule has 2 heterocycles. The highest BCUT2D eigenvalue weighted by Gasteiger charge is 2.44. The van der Waals surface area contributed by atoms with Crippen molar-refractivity contribution in [1.82, 2.24) is 0 Å². The van der Waals surface area contributed by atoms with Crippen molar-refractivity contribution in [3.63, 3.8) is 0 Å². The lowest BCUT2D eigenvalue weighted by atomic mass is 9.86. The van der Waals surface area contributed by atoms with Gasteiger partial charge in [0.25, 0.3) is 0 Å². The van der Waals surface area contributed by atoms with Gasteiger partial charge in [-0.05, 0) is 30.2 Å². The van der Waals surface area contributed by atoms with Gasteiger partial charge in [-0.25, -0.2) is 4.99 Å². The Morgan fingerprint density at radius 2 is 1.50 bits per heavy atom. The minimum Gasteiger partial charge on any atom is -0.357 e. The highest BCUT2D eigenvalue weighted by atomic mass is 16.5. The number of nitrogens with zero attached hydrogens (tertiary/aromatic N) is 2. The van der Waals surface area contributed by atoms with Gasteiger partial charge in [0.15, 0.2) is 5.78 Å². The highest BCUT2D eigenvalue weighted by Crippen LogP contribution is 2.44. The van der Waals surface area contributed by atoms with Crippen molar-refractivity contribution in [2.75, 3.05) is 11.5 Å². The number of hydrogen-bond acceptors (Lipinski definition) is 4. The summed E-state index contributed by atoms with van der Waals surface area (Å²) in [6, 6.07) is 27.9. The average molecular weight is 394 g/mol. The molecule has 0 unspecified atom stereocenters. The first-order valence-electron chi connectivity index (χ1n) is 10.2. The maximum atomic E-state index is 13.5. The Balaban J connectivity index is 1.78. The van der Waals surface area contributed by atoms with Crippen LogP contribution in [0.5, 0.6) is 0 Å². The number of aliphatic imine (C=N–C) groups is 1. The topological polar surface area (TPSA) is 41.9 Å². The summed E-state index contributed by atoms with van der Waals surface area (Å²) in [5, 5.41) is 0. The fourth-order valence-corrected chi connectivity index (χ4v) is 4.25. The zero-order valence-electron chi connectivity index (χ0n) is 16.7. The number of allylic oxidation sites excluding steroid dienone is 1. The minimum atomic E-state index is -0.507. The average Bonchev–Trinajstić information content (AvgIpc) is 2.90. The molecular formula is C26H22N2O2. The lowest BCUT2D eigenvalue weighted by molar-refractivity contribution is -0.120. The molecule has 2 aliphatic rings. The quantitative estimate of drug-likeness (QED) is 0.608. The number of para-hydroxylation sites is 2. The predicted octanol–water partition coefficient (Wildman–Crippen LogP) is 5.23. The van der Waals surface area contributed by atoms with Crippen LogP contribution in [0.3, 0.4) is 0 Å². The number of fused-ring (bicyclic) bond motifs is 4. The molecule has 0 aliphatic carbocycles. The Morgan fingerprint density at radius 1 is 0.867 bits per heavy atom. The van der Waals surface area contributed by atoms with E-state index in [0.717, 1.165) is 33.9 Å². The molecule has 5 rings (SSSR count). The smallest absolute Gasteiger partial charge is 0.171 e. The molecule has 0 amide bonds. The van der Waals surface area contributed by atoms with Crippen molar-refractivity contribution < 1.29 is 9.53 Å². The Hall–Kier alpha value is -3.50. The second kappa shape index (κ2) is 7.73. The number of carbonyl (C=O) groups is 1. The summed E-state index contributed by atoms with van der Waals surface area (Å²) in [6.45, 7) is 2.46. The van der Waals surface area contributed by atoms with Crippen molar-refractivity contribution in [2.24, 2.45) is 10.9 Å². The Bertz CT molecular complexity index is 1140. The lowest BCUT2D eigenvalue weighted by Gasteiger charge is -2.40. The van der Waals surface area contributed by atoms with Gasteiger partial charge < -0.3 is 9.64 Å². The first-order valence-corrected chi connectivity index (χ1v) is 10.2. The number of hydrogen-bond donors (Lipinski definition) is 0. The number of ketones is 1. The van der Waals surface area contributed by atoms with Gasteiger partial charge in [-0.1, -0.05) is 72.8 Å². The van der Waals surface area contributed by atoms with E-state index in [0.29, 0.717) is 6.61 Å². The molecule has 0 aromatic heterocycles. The Kier molecular flexibility index (Phi) is 4.77. The molecule has 0 fully saturated rings. The molecule has 148 valence electrons. The lowest BCUT2D eigenvalue weighted by Crippen LogP contribution is -2.50. The number of anilines is 1. The first kappa shape index (κ1) is 18.5. The summed E-state index contributed by atoms with van der Waals surface area (Å²) in [5.74, 6) is -0.494. The van der Waals surface area contributed by atoms with Crippen LogP contribution in [0.4, 0.5) is 11.4 Å². The SMILES string of the molecule is CCO[C@@H]1[C@H]2C(=O)C=C(c3ccccc3)N1c1ccccc1N=C2c1ccccc1. The summed E-state index contributed by atoms with van der Waals surface area (Å²) in [5.41, 5.74) is 5.28. The van der Waals surface area contributed by atoms with Crippen molar-refractivity contribution >= 4 is 28.6 Å². The van der Waals surface area contributed by atoms with Crippen molar-refractivity contribution in [3.8, 4) is 0 Å². The zero-order valence-corrected chi connectivity index (χ0v) is 16.7. The molecule has 2 aliphatic heterocycles. The Labute approximate surface area is 176 Å². The summed E-state index contributed by atoms with van der Waals surface area (Å²) >= 11 is 0. The molecule has 4 heteroatoms. The van der Waals surface area contributed by atoms with Crippen molar-refractivity contribution in [3.05, 3.63) is 102 Å². The van der Waals surface area contributed by atoms with Gasteiger partial charge in [0, 0.05) is 12.7 Å². The summed E-state index contributed by atoms with van der Waals surface area (Å²) in [4.78, 5) is 20.6. The van der Waals surface area contributed by atoms with Crippen LogP contribution in [0.2, 0.25) is 0 Å². The van der Waals surface area contributed by atoms with Crippen LogP contribution in [0.15, 0.2) is 96.0 Å². The maximum Gasteiger partial charge on any atom is 0.171 e. The summed E-state index contributed by atoms with van der Waals surface area (Å²) in [7, 11) is 0. The third kappa shape index (κ3) is 3.06. The fraction of sp³-hybridized carbons (Fsp3) is 0.154. The standard InChI is InChI=1S/C26H22N2O2/c1-2-30-26-24-23(29)17-22(18-11-5-3-6-12-18)28(26)21-16-10-9-15-20(21)27-25(24)19-13-7-4-8-14-19/h3-17,24,26H,2H2,1H3/t24-,26+/m0/s1. The van der Waals surface area contributed by atoms with Gasteiger partial charge in [0.05, 0.1) is 22.8 Å². The van der Waals surface area contributed by atoms with E-state index < -0.39 is 12.1 Å². The van der Waals surface area contributed by atoms with Crippen LogP contribution in [0, 0.1) is 5.92 Å². The molecule has 2 atom stereocenters.